The maximum Gasteiger partial charge on any atom is 0.239 e. The highest BCUT2D eigenvalue weighted by molar-refractivity contribution is 7.21. The van der Waals surface area contributed by atoms with Crippen LogP contribution in [0.4, 0.5) is 17.5 Å². The van der Waals surface area contributed by atoms with E-state index in [9.17, 15) is 0 Å². The van der Waals surface area contributed by atoms with Crippen LogP contribution in [0.5, 0.6) is 0 Å². The third-order valence-electron chi connectivity index (χ3n) is 9.26. The van der Waals surface area contributed by atoms with Crippen LogP contribution in [-0.4, -0.2) is 24.9 Å². The molecule has 6 heterocycles. The van der Waals surface area contributed by atoms with E-state index in [1.54, 1.807) is 0 Å². The number of hydrogen-bond donors (Lipinski definition) is 0. The summed E-state index contributed by atoms with van der Waals surface area (Å²) in [6.07, 6.45) is 3.67. The first-order valence-electron chi connectivity index (χ1n) is 15.7. The second kappa shape index (κ2) is 10.6. The number of aromatic nitrogens is 5. The molecule has 226 valence electrons. The lowest BCUT2D eigenvalue weighted by Crippen LogP contribution is -2.36. The summed E-state index contributed by atoms with van der Waals surface area (Å²) in [6.45, 7) is 0. The fraction of sp³-hybridized carbons (Fsp3) is 0.0250. The van der Waals surface area contributed by atoms with Crippen molar-refractivity contribution < 1.29 is 0 Å². The van der Waals surface area contributed by atoms with E-state index in [0.29, 0.717) is 17.6 Å². The second-order valence-corrected chi connectivity index (χ2v) is 13.6. The molecule has 0 saturated carbocycles. The van der Waals surface area contributed by atoms with Gasteiger partial charge in [0.2, 0.25) is 5.95 Å². The molecule has 1 aliphatic carbocycles. The zero-order chi connectivity index (χ0) is 31.7. The molecule has 0 N–H and O–H groups in total. The summed E-state index contributed by atoms with van der Waals surface area (Å²) in [6, 6.07) is 41.7. The molecule has 8 aromatic rings. The summed E-state index contributed by atoms with van der Waals surface area (Å²) in [5.74, 6) is 2.52. The Hall–Kier alpha value is -5.83. The number of para-hydroxylation sites is 1. The van der Waals surface area contributed by atoms with E-state index in [1.807, 2.05) is 89.7 Å². The predicted octanol–water partition coefficient (Wildman–Crippen LogP) is 9.93. The third-order valence-corrected chi connectivity index (χ3v) is 11.2. The third kappa shape index (κ3) is 3.87. The zero-order valence-corrected chi connectivity index (χ0v) is 27.0. The molecule has 10 rings (SSSR count). The summed E-state index contributed by atoms with van der Waals surface area (Å²) in [4.78, 5) is 29.8. The molecule has 6 nitrogen and oxygen atoms in total. The molecular formula is C40H24N6S2. The highest BCUT2D eigenvalue weighted by atomic mass is 32.1. The Morgan fingerprint density at radius 2 is 1.10 bits per heavy atom. The van der Waals surface area contributed by atoms with Gasteiger partial charge in [0.1, 0.15) is 5.82 Å². The minimum absolute atomic E-state index is 0.485. The van der Waals surface area contributed by atoms with E-state index in [-0.39, 0.29) is 0 Å². The minimum atomic E-state index is -0.485. The van der Waals surface area contributed by atoms with Crippen molar-refractivity contribution in [2.24, 2.45) is 0 Å². The first kappa shape index (κ1) is 27.3. The molecule has 0 saturated heterocycles. The molecule has 0 amide bonds. The van der Waals surface area contributed by atoms with Gasteiger partial charge in [-0.1, -0.05) is 84.9 Å². The number of anilines is 3. The normalized spacial score (nSPS) is 13.5. The minimum Gasteiger partial charge on any atom is -0.262 e. The lowest BCUT2D eigenvalue weighted by atomic mass is 9.66. The largest absolute Gasteiger partial charge is 0.262 e. The van der Waals surface area contributed by atoms with E-state index in [1.165, 1.54) is 26.4 Å². The van der Waals surface area contributed by atoms with Crippen LogP contribution >= 0.6 is 22.7 Å². The average molecular weight is 653 g/mol. The summed E-state index contributed by atoms with van der Waals surface area (Å²) in [5.41, 5.74) is 9.19. The maximum atomic E-state index is 5.19. The van der Waals surface area contributed by atoms with Crippen molar-refractivity contribution in [3.8, 4) is 43.8 Å². The Bertz CT molecular complexity index is 2380. The van der Waals surface area contributed by atoms with Gasteiger partial charge in [0.25, 0.3) is 0 Å². The SMILES string of the molecule is c1ccc(-c2nc(-c3ccc(-c4ccccn4)cc3)nc(N3c4ccccc4C4(c5cccnc53)c3ccsc3-c3sccc34)n2)cc1. The van der Waals surface area contributed by atoms with Gasteiger partial charge in [0.05, 0.1) is 16.8 Å². The van der Waals surface area contributed by atoms with Gasteiger partial charge in [-0.3, -0.25) is 9.88 Å². The number of benzene rings is 3. The molecular weight excluding hydrogens is 629 g/mol. The molecule has 1 aliphatic heterocycles. The summed E-state index contributed by atoms with van der Waals surface area (Å²) in [7, 11) is 0. The Morgan fingerprint density at radius 3 is 1.83 bits per heavy atom. The van der Waals surface area contributed by atoms with Gasteiger partial charge in [0, 0.05) is 44.4 Å². The number of rotatable bonds is 4. The number of pyridine rings is 2. The molecule has 0 bridgehead atoms. The van der Waals surface area contributed by atoms with Crippen molar-refractivity contribution in [1.82, 2.24) is 24.9 Å². The van der Waals surface area contributed by atoms with E-state index < -0.39 is 5.41 Å². The summed E-state index contributed by atoms with van der Waals surface area (Å²) >= 11 is 3.62. The van der Waals surface area contributed by atoms with Crippen molar-refractivity contribution in [2.45, 2.75) is 5.41 Å². The molecule has 0 fully saturated rings. The molecule has 8 heteroatoms. The lowest BCUT2D eigenvalue weighted by molar-refractivity contribution is 0.744. The van der Waals surface area contributed by atoms with Crippen LogP contribution in [0.15, 0.2) is 144 Å². The van der Waals surface area contributed by atoms with Gasteiger partial charge >= 0.3 is 0 Å². The van der Waals surface area contributed by atoms with Gasteiger partial charge in [-0.15, -0.1) is 22.7 Å². The average Bonchev–Trinajstić information content (AvgIpc) is 3.90. The van der Waals surface area contributed by atoms with Crippen LogP contribution in [0.1, 0.15) is 22.3 Å². The lowest BCUT2D eigenvalue weighted by Gasteiger charge is -2.42. The zero-order valence-electron chi connectivity index (χ0n) is 25.4. The highest BCUT2D eigenvalue weighted by Crippen LogP contribution is 2.64. The van der Waals surface area contributed by atoms with Crippen LogP contribution < -0.4 is 4.90 Å². The van der Waals surface area contributed by atoms with Crippen LogP contribution in [0.3, 0.4) is 0 Å². The molecule has 1 spiro atoms. The van der Waals surface area contributed by atoms with Crippen molar-refractivity contribution in [3.05, 3.63) is 167 Å². The first-order valence-corrected chi connectivity index (χ1v) is 17.4. The van der Waals surface area contributed by atoms with Crippen molar-refractivity contribution in [2.75, 3.05) is 4.90 Å². The number of hydrogen-bond acceptors (Lipinski definition) is 8. The first-order chi connectivity index (χ1) is 23.8. The molecule has 0 radical (unpaired) electrons. The molecule has 0 atom stereocenters. The molecule has 0 unspecified atom stereocenters. The van der Waals surface area contributed by atoms with Gasteiger partial charge in [-0.2, -0.15) is 9.97 Å². The van der Waals surface area contributed by atoms with E-state index in [4.69, 9.17) is 19.9 Å². The van der Waals surface area contributed by atoms with Crippen LogP contribution in [0.2, 0.25) is 0 Å². The van der Waals surface area contributed by atoms with Crippen LogP contribution in [-0.2, 0) is 5.41 Å². The van der Waals surface area contributed by atoms with E-state index in [0.717, 1.165) is 39.5 Å². The second-order valence-electron chi connectivity index (χ2n) is 11.7. The maximum absolute atomic E-state index is 5.19. The van der Waals surface area contributed by atoms with E-state index in [2.05, 4.69) is 87.4 Å². The quantitative estimate of drug-likeness (QED) is 0.189. The van der Waals surface area contributed by atoms with Gasteiger partial charge in [0.15, 0.2) is 11.6 Å². The van der Waals surface area contributed by atoms with Crippen LogP contribution in [0.25, 0.3) is 43.8 Å². The summed E-state index contributed by atoms with van der Waals surface area (Å²) < 4.78 is 0. The topological polar surface area (TPSA) is 67.7 Å². The Labute approximate surface area is 284 Å². The Morgan fingerprint density at radius 1 is 0.479 bits per heavy atom. The number of nitrogens with zero attached hydrogens (tertiary/aromatic N) is 6. The molecule has 48 heavy (non-hydrogen) atoms. The molecule has 5 aromatic heterocycles. The Kier molecular flexibility index (Phi) is 6.03. The van der Waals surface area contributed by atoms with Crippen molar-refractivity contribution in [1.29, 1.82) is 0 Å². The number of thiophene rings is 2. The van der Waals surface area contributed by atoms with Gasteiger partial charge in [-0.25, -0.2) is 9.97 Å². The smallest absolute Gasteiger partial charge is 0.239 e. The van der Waals surface area contributed by atoms with Gasteiger partial charge < -0.3 is 0 Å². The van der Waals surface area contributed by atoms with Crippen LogP contribution in [0, 0.1) is 0 Å². The van der Waals surface area contributed by atoms with E-state index >= 15 is 0 Å². The highest BCUT2D eigenvalue weighted by Gasteiger charge is 2.53. The fourth-order valence-corrected chi connectivity index (χ4v) is 9.33. The summed E-state index contributed by atoms with van der Waals surface area (Å²) in [5, 5.41) is 4.42. The van der Waals surface area contributed by atoms with Crippen molar-refractivity contribution >= 4 is 40.1 Å². The van der Waals surface area contributed by atoms with Crippen molar-refractivity contribution in [3.63, 3.8) is 0 Å². The van der Waals surface area contributed by atoms with Gasteiger partial charge in [-0.05, 0) is 63.8 Å². The fourth-order valence-electron chi connectivity index (χ4n) is 7.24. The monoisotopic (exact) mass is 652 g/mol. The number of fused-ring (bicyclic) bond motifs is 9. The standard InChI is InChI=1S/C40H24N6S2/c1-2-9-26(10-3-1)36-43-37(27-17-15-25(16-18-27)32-13-6-7-21-41-32)45-39(44-36)46-33-14-5-4-11-28(33)40(31-12-8-22-42-38(31)46)29-19-23-47-34(29)35-30(40)20-24-48-35/h1-24H. The molecule has 2 aliphatic rings. The molecule has 3 aromatic carbocycles. The Balaban J connectivity index is 1.21. The predicted molar refractivity (Wildman–Crippen MR) is 193 cm³/mol.